The first-order chi connectivity index (χ1) is 8.45. The maximum atomic E-state index is 11.8. The van der Waals surface area contributed by atoms with Crippen molar-refractivity contribution < 1.29 is 4.79 Å². The molecule has 2 N–H and O–H groups in total. The van der Waals surface area contributed by atoms with Gasteiger partial charge in [-0.1, -0.05) is 6.92 Å². The lowest BCUT2D eigenvalue weighted by Crippen LogP contribution is -2.51. The van der Waals surface area contributed by atoms with E-state index in [1.807, 2.05) is 20.9 Å². The summed E-state index contributed by atoms with van der Waals surface area (Å²) in [6.07, 6.45) is 3.68. The van der Waals surface area contributed by atoms with Crippen LogP contribution in [0.2, 0.25) is 0 Å². The van der Waals surface area contributed by atoms with Gasteiger partial charge >= 0.3 is 0 Å². The van der Waals surface area contributed by atoms with Crippen LogP contribution in [-0.4, -0.2) is 49.6 Å². The average molecular weight is 255 g/mol. The van der Waals surface area contributed by atoms with Crippen LogP contribution in [0.4, 0.5) is 0 Å². The molecule has 0 aliphatic carbocycles. The van der Waals surface area contributed by atoms with Gasteiger partial charge in [-0.25, -0.2) is 0 Å². The third kappa shape index (κ3) is 4.94. The van der Waals surface area contributed by atoms with Gasteiger partial charge in [0.1, 0.15) is 0 Å². The zero-order valence-electron chi connectivity index (χ0n) is 12.4. The Morgan fingerprint density at radius 1 is 1.33 bits per heavy atom. The molecule has 0 spiro atoms. The number of carbonyl (C=O) groups excluding carboxylic acids is 1. The number of likely N-dealkylation sites (N-methyl/N-ethyl adjacent to an activating group) is 1. The topological polar surface area (TPSA) is 44.4 Å². The van der Waals surface area contributed by atoms with E-state index in [9.17, 15) is 4.79 Å². The van der Waals surface area contributed by atoms with Crippen molar-refractivity contribution in [2.45, 2.75) is 45.6 Å². The molecule has 1 rings (SSSR count). The largest absolute Gasteiger partial charge is 0.354 e. The molecule has 1 aliphatic heterocycles. The number of nitrogens with one attached hydrogen (secondary N) is 2. The lowest BCUT2D eigenvalue weighted by Gasteiger charge is -2.30. The number of nitrogens with zero attached hydrogens (tertiary/aromatic N) is 1. The monoisotopic (exact) mass is 255 g/mol. The summed E-state index contributed by atoms with van der Waals surface area (Å²) in [5.41, 5.74) is -0.472. The fourth-order valence-electron chi connectivity index (χ4n) is 2.12. The summed E-state index contributed by atoms with van der Waals surface area (Å²) in [7, 11) is 1.81. The molecule has 18 heavy (non-hydrogen) atoms. The standard InChI is InChI=1S/C14H29N3O/c1-12-6-10-17(11-7-12)9-5-8-16-13(18)14(2,3)15-4/h12,15H,5-11H2,1-4H3,(H,16,18). The van der Waals surface area contributed by atoms with E-state index in [0.717, 1.165) is 25.4 Å². The summed E-state index contributed by atoms with van der Waals surface area (Å²) >= 11 is 0. The van der Waals surface area contributed by atoms with Gasteiger partial charge in [-0.05, 0) is 65.7 Å². The minimum atomic E-state index is -0.472. The summed E-state index contributed by atoms with van der Waals surface area (Å²) < 4.78 is 0. The van der Waals surface area contributed by atoms with Gasteiger partial charge < -0.3 is 15.5 Å². The molecule has 4 heteroatoms. The molecule has 1 amide bonds. The van der Waals surface area contributed by atoms with E-state index in [4.69, 9.17) is 0 Å². The molecule has 1 aliphatic rings. The molecule has 1 fully saturated rings. The van der Waals surface area contributed by atoms with E-state index in [1.165, 1.54) is 25.9 Å². The van der Waals surface area contributed by atoms with Gasteiger partial charge in [-0.3, -0.25) is 4.79 Å². The highest BCUT2D eigenvalue weighted by atomic mass is 16.2. The average Bonchev–Trinajstić information content (AvgIpc) is 2.36. The van der Waals surface area contributed by atoms with E-state index < -0.39 is 5.54 Å². The van der Waals surface area contributed by atoms with Crippen molar-refractivity contribution in [3.05, 3.63) is 0 Å². The quantitative estimate of drug-likeness (QED) is 0.702. The van der Waals surface area contributed by atoms with Crippen LogP contribution in [-0.2, 0) is 4.79 Å². The van der Waals surface area contributed by atoms with Gasteiger partial charge in [0.25, 0.3) is 0 Å². The second-order valence-corrected chi connectivity index (χ2v) is 6.01. The van der Waals surface area contributed by atoms with Crippen LogP contribution in [0.15, 0.2) is 0 Å². The number of amides is 1. The zero-order valence-corrected chi connectivity index (χ0v) is 12.4. The third-order valence-electron chi connectivity index (χ3n) is 4.01. The van der Waals surface area contributed by atoms with Crippen LogP contribution in [0.5, 0.6) is 0 Å². The fraction of sp³-hybridized carbons (Fsp3) is 0.929. The number of carbonyl (C=O) groups is 1. The first-order valence-corrected chi connectivity index (χ1v) is 7.15. The van der Waals surface area contributed by atoms with Crippen LogP contribution < -0.4 is 10.6 Å². The van der Waals surface area contributed by atoms with Crippen LogP contribution in [0.3, 0.4) is 0 Å². The molecule has 0 aromatic carbocycles. The van der Waals surface area contributed by atoms with Crippen molar-refractivity contribution in [3.63, 3.8) is 0 Å². The molecule has 4 nitrogen and oxygen atoms in total. The molecule has 0 aromatic rings. The van der Waals surface area contributed by atoms with Gasteiger partial charge in [0.05, 0.1) is 5.54 Å². The van der Waals surface area contributed by atoms with E-state index in [-0.39, 0.29) is 5.91 Å². The molecule has 106 valence electrons. The number of hydrogen-bond donors (Lipinski definition) is 2. The van der Waals surface area contributed by atoms with Crippen molar-refractivity contribution in [1.82, 2.24) is 15.5 Å². The normalized spacial score (nSPS) is 18.9. The summed E-state index contributed by atoms with van der Waals surface area (Å²) in [4.78, 5) is 14.3. The van der Waals surface area contributed by atoms with Crippen molar-refractivity contribution in [3.8, 4) is 0 Å². The number of rotatable bonds is 6. The minimum absolute atomic E-state index is 0.0808. The highest BCUT2D eigenvalue weighted by Crippen LogP contribution is 2.15. The molecule has 0 atom stereocenters. The minimum Gasteiger partial charge on any atom is -0.354 e. The Morgan fingerprint density at radius 2 is 1.94 bits per heavy atom. The number of likely N-dealkylation sites (tertiary alicyclic amines) is 1. The predicted octanol–water partition coefficient (Wildman–Crippen LogP) is 1.22. The maximum absolute atomic E-state index is 11.8. The third-order valence-corrected chi connectivity index (χ3v) is 4.01. The maximum Gasteiger partial charge on any atom is 0.239 e. The Kier molecular flexibility index (Phi) is 6.09. The van der Waals surface area contributed by atoms with Crippen molar-refractivity contribution in [2.24, 2.45) is 5.92 Å². The Labute approximate surface area is 111 Å². The van der Waals surface area contributed by atoms with Crippen molar-refractivity contribution in [2.75, 3.05) is 33.2 Å². The molecule has 0 saturated carbocycles. The highest BCUT2D eigenvalue weighted by Gasteiger charge is 2.24. The summed E-state index contributed by atoms with van der Waals surface area (Å²) in [6.45, 7) is 10.4. The van der Waals surface area contributed by atoms with Gasteiger partial charge in [-0.2, -0.15) is 0 Å². The summed E-state index contributed by atoms with van der Waals surface area (Å²) in [5.74, 6) is 0.967. The van der Waals surface area contributed by atoms with E-state index in [2.05, 4.69) is 22.5 Å². The SMILES string of the molecule is CNC(C)(C)C(=O)NCCCN1CCC(C)CC1. The zero-order chi connectivity index (χ0) is 13.6. The van der Waals surface area contributed by atoms with Crippen LogP contribution >= 0.6 is 0 Å². The second kappa shape index (κ2) is 7.10. The number of hydrogen-bond acceptors (Lipinski definition) is 3. The fourth-order valence-corrected chi connectivity index (χ4v) is 2.12. The molecule has 1 heterocycles. The van der Waals surface area contributed by atoms with Crippen LogP contribution in [0.1, 0.15) is 40.0 Å². The van der Waals surface area contributed by atoms with Gasteiger partial charge in [-0.15, -0.1) is 0 Å². The molecule has 0 aromatic heterocycles. The lowest BCUT2D eigenvalue weighted by molar-refractivity contribution is -0.126. The van der Waals surface area contributed by atoms with Gasteiger partial charge in [0, 0.05) is 6.54 Å². The predicted molar refractivity (Wildman–Crippen MR) is 75.6 cm³/mol. The first-order valence-electron chi connectivity index (χ1n) is 7.15. The number of piperidine rings is 1. The molecule has 0 radical (unpaired) electrons. The Hall–Kier alpha value is -0.610. The van der Waals surface area contributed by atoms with Crippen molar-refractivity contribution >= 4 is 5.91 Å². The smallest absolute Gasteiger partial charge is 0.239 e. The lowest BCUT2D eigenvalue weighted by atomic mass is 9.99. The molecule has 1 saturated heterocycles. The molecular formula is C14H29N3O. The molecular weight excluding hydrogens is 226 g/mol. The van der Waals surface area contributed by atoms with Crippen LogP contribution in [0, 0.1) is 5.92 Å². The van der Waals surface area contributed by atoms with E-state index >= 15 is 0 Å². The van der Waals surface area contributed by atoms with Gasteiger partial charge in [0.15, 0.2) is 0 Å². The molecule has 0 unspecified atom stereocenters. The summed E-state index contributed by atoms with van der Waals surface area (Å²) in [6, 6.07) is 0. The first kappa shape index (κ1) is 15.4. The van der Waals surface area contributed by atoms with Crippen LogP contribution in [0.25, 0.3) is 0 Å². The van der Waals surface area contributed by atoms with E-state index in [1.54, 1.807) is 0 Å². The Bertz CT molecular complexity index is 258. The Morgan fingerprint density at radius 3 is 2.50 bits per heavy atom. The molecule has 0 bridgehead atoms. The Balaban J connectivity index is 2.10. The highest BCUT2D eigenvalue weighted by molar-refractivity contribution is 5.85. The van der Waals surface area contributed by atoms with E-state index in [0.29, 0.717) is 0 Å². The summed E-state index contributed by atoms with van der Waals surface area (Å²) in [5, 5.41) is 6.01. The van der Waals surface area contributed by atoms with Gasteiger partial charge in [0.2, 0.25) is 5.91 Å². The van der Waals surface area contributed by atoms with Crippen molar-refractivity contribution in [1.29, 1.82) is 0 Å². The second-order valence-electron chi connectivity index (χ2n) is 6.01.